The highest BCUT2D eigenvalue weighted by Crippen LogP contribution is 2.41. The van der Waals surface area contributed by atoms with Crippen molar-refractivity contribution in [2.45, 2.75) is 39.7 Å². The van der Waals surface area contributed by atoms with Gasteiger partial charge >= 0.3 is 0 Å². The molecule has 0 amide bonds. The number of methoxy groups -OCH3 is 2. The summed E-state index contributed by atoms with van der Waals surface area (Å²) < 4.78 is 10.9. The Bertz CT molecular complexity index is 1010. The SMILES string of the molecule is COc1ccc(CN(C)c2nc(C)nc3sc4c(c23)CC[C@@H](C)C4)c(OC)c1. The number of ether oxygens (including phenoxy) is 2. The second-order valence-corrected chi connectivity index (χ2v) is 8.74. The van der Waals surface area contributed by atoms with Crippen LogP contribution in [0.5, 0.6) is 11.5 Å². The number of hydrogen-bond acceptors (Lipinski definition) is 6. The predicted octanol–water partition coefficient (Wildman–Crippen LogP) is 4.78. The summed E-state index contributed by atoms with van der Waals surface area (Å²) in [5, 5.41) is 1.24. The number of anilines is 1. The zero-order valence-electron chi connectivity index (χ0n) is 17.2. The van der Waals surface area contributed by atoms with Crippen molar-refractivity contribution in [1.29, 1.82) is 0 Å². The Balaban J connectivity index is 1.74. The van der Waals surface area contributed by atoms with Crippen molar-refractivity contribution in [3.05, 3.63) is 40.0 Å². The minimum absolute atomic E-state index is 0.708. The van der Waals surface area contributed by atoms with Crippen molar-refractivity contribution < 1.29 is 9.47 Å². The van der Waals surface area contributed by atoms with Crippen LogP contribution in [-0.2, 0) is 19.4 Å². The van der Waals surface area contributed by atoms with Gasteiger partial charge in [0.1, 0.15) is 28.0 Å². The van der Waals surface area contributed by atoms with E-state index in [2.05, 4.69) is 24.9 Å². The maximum atomic E-state index is 5.59. The second kappa shape index (κ2) is 7.59. The van der Waals surface area contributed by atoms with Crippen molar-refractivity contribution in [3.63, 3.8) is 0 Å². The summed E-state index contributed by atoms with van der Waals surface area (Å²) in [5.41, 5.74) is 2.56. The van der Waals surface area contributed by atoms with Gasteiger partial charge in [-0.1, -0.05) is 6.92 Å². The number of fused-ring (bicyclic) bond motifs is 3. The van der Waals surface area contributed by atoms with Crippen molar-refractivity contribution >= 4 is 27.4 Å². The Morgan fingerprint density at radius 1 is 1.21 bits per heavy atom. The van der Waals surface area contributed by atoms with E-state index in [0.29, 0.717) is 6.54 Å². The van der Waals surface area contributed by atoms with E-state index in [1.165, 1.54) is 22.2 Å². The summed E-state index contributed by atoms with van der Waals surface area (Å²) in [7, 11) is 5.46. The lowest BCUT2D eigenvalue weighted by molar-refractivity contribution is 0.391. The maximum absolute atomic E-state index is 5.59. The van der Waals surface area contributed by atoms with Gasteiger partial charge in [0, 0.05) is 30.1 Å². The van der Waals surface area contributed by atoms with Gasteiger partial charge in [0.05, 0.1) is 19.6 Å². The molecule has 6 heteroatoms. The fourth-order valence-corrected chi connectivity index (χ4v) is 5.44. The normalized spacial score (nSPS) is 16.1. The molecule has 2 aromatic heterocycles. The van der Waals surface area contributed by atoms with Gasteiger partial charge in [-0.2, -0.15) is 0 Å². The predicted molar refractivity (Wildman–Crippen MR) is 115 cm³/mol. The van der Waals surface area contributed by atoms with Crippen LogP contribution in [0.25, 0.3) is 10.2 Å². The molecule has 0 aliphatic heterocycles. The van der Waals surface area contributed by atoms with E-state index in [-0.39, 0.29) is 0 Å². The molecule has 0 saturated heterocycles. The highest BCUT2D eigenvalue weighted by molar-refractivity contribution is 7.19. The van der Waals surface area contributed by atoms with Crippen molar-refractivity contribution in [2.24, 2.45) is 5.92 Å². The van der Waals surface area contributed by atoms with Crippen LogP contribution in [0.2, 0.25) is 0 Å². The van der Waals surface area contributed by atoms with Crippen molar-refractivity contribution in [1.82, 2.24) is 9.97 Å². The van der Waals surface area contributed by atoms with Crippen LogP contribution in [0, 0.1) is 12.8 Å². The lowest BCUT2D eigenvalue weighted by atomic mass is 9.89. The molecular weight excluding hydrogens is 370 g/mol. The molecule has 28 heavy (non-hydrogen) atoms. The number of thiophene rings is 1. The Labute approximate surface area is 170 Å². The molecule has 1 aliphatic carbocycles. The van der Waals surface area contributed by atoms with Crippen molar-refractivity contribution in [2.75, 3.05) is 26.2 Å². The third kappa shape index (κ3) is 3.41. The molecule has 1 aromatic carbocycles. The molecule has 0 fully saturated rings. The van der Waals surface area contributed by atoms with Crippen LogP contribution in [-0.4, -0.2) is 31.2 Å². The molecule has 3 aromatic rings. The number of aryl methyl sites for hydroxylation is 2. The number of hydrogen-bond donors (Lipinski definition) is 0. The fourth-order valence-electron chi connectivity index (χ4n) is 4.02. The zero-order chi connectivity index (χ0) is 19.8. The second-order valence-electron chi connectivity index (χ2n) is 7.66. The lowest BCUT2D eigenvalue weighted by Gasteiger charge is -2.23. The largest absolute Gasteiger partial charge is 0.497 e. The average molecular weight is 398 g/mol. The van der Waals surface area contributed by atoms with E-state index in [0.717, 1.165) is 52.3 Å². The topological polar surface area (TPSA) is 47.5 Å². The van der Waals surface area contributed by atoms with Crippen LogP contribution in [0.1, 0.15) is 35.2 Å². The van der Waals surface area contributed by atoms with Crippen LogP contribution in [0.3, 0.4) is 0 Å². The van der Waals surface area contributed by atoms with Crippen LogP contribution in [0.15, 0.2) is 18.2 Å². The number of benzene rings is 1. The molecule has 0 N–H and O–H groups in total. The monoisotopic (exact) mass is 397 g/mol. The number of nitrogens with zero attached hydrogens (tertiary/aromatic N) is 3. The standard InChI is InChI=1S/C22H27N3O2S/c1-13-6-9-17-19(10-13)28-22-20(17)21(23-14(2)24-22)25(3)12-15-7-8-16(26-4)11-18(15)27-5/h7-8,11,13H,6,9-10,12H2,1-5H3/t13-/m1/s1. The third-order valence-electron chi connectivity index (χ3n) is 5.51. The van der Waals surface area contributed by atoms with E-state index in [4.69, 9.17) is 19.4 Å². The maximum Gasteiger partial charge on any atom is 0.141 e. The summed E-state index contributed by atoms with van der Waals surface area (Å²) >= 11 is 1.85. The van der Waals surface area contributed by atoms with Gasteiger partial charge in [0.2, 0.25) is 0 Å². The quantitative estimate of drug-likeness (QED) is 0.620. The van der Waals surface area contributed by atoms with Gasteiger partial charge in [-0.3, -0.25) is 0 Å². The van der Waals surface area contributed by atoms with Gasteiger partial charge in [-0.05, 0) is 49.8 Å². The van der Waals surface area contributed by atoms with Crippen LogP contribution in [0.4, 0.5) is 5.82 Å². The molecule has 5 nitrogen and oxygen atoms in total. The summed E-state index contributed by atoms with van der Waals surface area (Å²) in [6, 6.07) is 5.96. The number of rotatable bonds is 5. The third-order valence-corrected chi connectivity index (χ3v) is 6.66. The Morgan fingerprint density at radius 2 is 2.04 bits per heavy atom. The molecule has 0 unspecified atom stereocenters. The minimum Gasteiger partial charge on any atom is -0.497 e. The van der Waals surface area contributed by atoms with Gasteiger partial charge in [0.15, 0.2) is 0 Å². The molecule has 0 saturated carbocycles. The first kappa shape index (κ1) is 19.0. The molecular formula is C22H27N3O2S. The average Bonchev–Trinajstić information content (AvgIpc) is 3.04. The van der Waals surface area contributed by atoms with Crippen molar-refractivity contribution in [3.8, 4) is 11.5 Å². The van der Waals surface area contributed by atoms with E-state index in [1.807, 2.05) is 30.4 Å². The molecule has 2 heterocycles. The summed E-state index contributed by atoms with van der Waals surface area (Å²) in [6.07, 6.45) is 3.52. The smallest absolute Gasteiger partial charge is 0.141 e. The van der Waals surface area contributed by atoms with Gasteiger partial charge in [-0.15, -0.1) is 11.3 Å². The first-order chi connectivity index (χ1) is 13.5. The van der Waals surface area contributed by atoms with E-state index in [9.17, 15) is 0 Å². The molecule has 4 rings (SSSR count). The highest BCUT2D eigenvalue weighted by Gasteiger charge is 2.25. The molecule has 1 aliphatic rings. The molecule has 0 spiro atoms. The molecule has 1 atom stereocenters. The summed E-state index contributed by atoms with van der Waals surface area (Å²) in [5.74, 6) is 4.22. The summed E-state index contributed by atoms with van der Waals surface area (Å²) in [6.45, 7) is 5.03. The van der Waals surface area contributed by atoms with Gasteiger partial charge < -0.3 is 14.4 Å². The Morgan fingerprint density at radius 3 is 2.79 bits per heavy atom. The van der Waals surface area contributed by atoms with E-state index < -0.39 is 0 Å². The fraction of sp³-hybridized carbons (Fsp3) is 0.455. The highest BCUT2D eigenvalue weighted by atomic mass is 32.1. The molecule has 0 bridgehead atoms. The first-order valence-electron chi connectivity index (χ1n) is 9.71. The Hall–Kier alpha value is -2.34. The van der Waals surface area contributed by atoms with Gasteiger partial charge in [0.25, 0.3) is 0 Å². The van der Waals surface area contributed by atoms with E-state index >= 15 is 0 Å². The number of aromatic nitrogens is 2. The zero-order valence-corrected chi connectivity index (χ0v) is 18.0. The van der Waals surface area contributed by atoms with E-state index in [1.54, 1.807) is 14.2 Å². The van der Waals surface area contributed by atoms with Crippen LogP contribution >= 0.6 is 11.3 Å². The molecule has 0 radical (unpaired) electrons. The summed E-state index contributed by atoms with van der Waals surface area (Å²) in [4.78, 5) is 14.4. The first-order valence-corrected chi connectivity index (χ1v) is 10.5. The lowest BCUT2D eigenvalue weighted by Crippen LogP contribution is -2.20. The minimum atomic E-state index is 0.708. The van der Waals surface area contributed by atoms with Gasteiger partial charge in [-0.25, -0.2) is 9.97 Å². The Kier molecular flexibility index (Phi) is 5.15. The molecule has 148 valence electrons. The van der Waals surface area contributed by atoms with Crippen LogP contribution < -0.4 is 14.4 Å².